The van der Waals surface area contributed by atoms with Gasteiger partial charge >= 0.3 is 5.97 Å². The summed E-state index contributed by atoms with van der Waals surface area (Å²) in [5, 5.41) is 2.65. The van der Waals surface area contributed by atoms with E-state index in [2.05, 4.69) is 21.2 Å². The molecular formula is C18H18BrNO4. The van der Waals surface area contributed by atoms with Gasteiger partial charge in [0.2, 0.25) is 5.91 Å². The lowest BCUT2D eigenvalue weighted by Crippen LogP contribution is -2.09. The Hall–Kier alpha value is -2.34. The zero-order valence-electron chi connectivity index (χ0n) is 13.5. The first kappa shape index (κ1) is 18.0. The maximum absolute atomic E-state index is 12.2. The molecule has 0 radical (unpaired) electrons. The number of amides is 1. The lowest BCUT2D eigenvalue weighted by atomic mass is 10.2. The molecule has 2 rings (SSSR count). The van der Waals surface area contributed by atoms with E-state index in [1.807, 2.05) is 6.92 Å². The number of halogens is 1. The van der Waals surface area contributed by atoms with Crippen molar-refractivity contribution < 1.29 is 19.1 Å². The monoisotopic (exact) mass is 391 g/mol. The molecule has 0 atom stereocenters. The van der Waals surface area contributed by atoms with Crippen molar-refractivity contribution in [3.63, 3.8) is 0 Å². The highest BCUT2D eigenvalue weighted by atomic mass is 79.9. The van der Waals surface area contributed by atoms with Gasteiger partial charge in [0, 0.05) is 12.6 Å². The number of benzene rings is 2. The second-order valence-electron chi connectivity index (χ2n) is 5.09. The molecule has 0 fully saturated rings. The fourth-order valence-corrected chi connectivity index (χ4v) is 2.43. The fraction of sp³-hybridized carbons (Fsp3) is 0.222. The molecule has 0 saturated carbocycles. The van der Waals surface area contributed by atoms with Crippen LogP contribution in [0.4, 0.5) is 5.69 Å². The van der Waals surface area contributed by atoms with Gasteiger partial charge in [-0.1, -0.05) is 6.92 Å². The van der Waals surface area contributed by atoms with Crippen molar-refractivity contribution in [3.05, 3.63) is 52.5 Å². The highest BCUT2D eigenvalue weighted by Crippen LogP contribution is 2.27. The minimum Gasteiger partial charge on any atom is -0.492 e. The van der Waals surface area contributed by atoms with E-state index >= 15 is 0 Å². The molecule has 0 saturated heterocycles. The molecule has 0 aromatic heterocycles. The van der Waals surface area contributed by atoms with E-state index in [0.29, 0.717) is 33.8 Å². The standard InChI is InChI=1S/C18H18BrNO4/c1-3-10-23-17-9-4-13(11-16(17)19)18(22)24-15-7-5-14(6-8-15)20-12(2)21/h4-9,11H,3,10H2,1-2H3,(H,20,21). The van der Waals surface area contributed by atoms with E-state index in [4.69, 9.17) is 9.47 Å². The highest BCUT2D eigenvalue weighted by molar-refractivity contribution is 9.10. The second-order valence-corrected chi connectivity index (χ2v) is 5.94. The molecule has 2 aromatic carbocycles. The summed E-state index contributed by atoms with van der Waals surface area (Å²) in [6.07, 6.45) is 0.907. The fourth-order valence-electron chi connectivity index (χ4n) is 1.93. The van der Waals surface area contributed by atoms with Crippen LogP contribution in [0, 0.1) is 0 Å². The van der Waals surface area contributed by atoms with Crippen LogP contribution in [0.25, 0.3) is 0 Å². The Kier molecular flexibility index (Phi) is 6.37. The predicted octanol–water partition coefficient (Wildman–Crippen LogP) is 4.42. The molecule has 0 spiro atoms. The summed E-state index contributed by atoms with van der Waals surface area (Å²) in [5.74, 6) is 0.463. The predicted molar refractivity (Wildman–Crippen MR) is 95.6 cm³/mol. The smallest absolute Gasteiger partial charge is 0.343 e. The van der Waals surface area contributed by atoms with Crippen LogP contribution in [0.5, 0.6) is 11.5 Å². The second kappa shape index (κ2) is 8.49. The number of ether oxygens (including phenoxy) is 2. The Morgan fingerprint density at radius 1 is 1.12 bits per heavy atom. The first-order valence-corrected chi connectivity index (χ1v) is 8.31. The Balaban J connectivity index is 2.04. The lowest BCUT2D eigenvalue weighted by molar-refractivity contribution is -0.114. The van der Waals surface area contributed by atoms with Crippen molar-refractivity contribution in [2.45, 2.75) is 20.3 Å². The summed E-state index contributed by atoms with van der Waals surface area (Å²) in [7, 11) is 0. The molecule has 24 heavy (non-hydrogen) atoms. The maximum Gasteiger partial charge on any atom is 0.343 e. The van der Waals surface area contributed by atoms with Crippen molar-refractivity contribution >= 4 is 33.5 Å². The molecule has 5 nitrogen and oxygen atoms in total. The van der Waals surface area contributed by atoms with Gasteiger partial charge in [0.25, 0.3) is 0 Å². The van der Waals surface area contributed by atoms with Gasteiger partial charge in [0.1, 0.15) is 11.5 Å². The first-order valence-electron chi connectivity index (χ1n) is 7.51. The van der Waals surface area contributed by atoms with Gasteiger partial charge in [-0.15, -0.1) is 0 Å². The summed E-state index contributed by atoms with van der Waals surface area (Å²) in [5.41, 5.74) is 1.05. The van der Waals surface area contributed by atoms with Gasteiger partial charge in [-0.2, -0.15) is 0 Å². The van der Waals surface area contributed by atoms with Crippen LogP contribution < -0.4 is 14.8 Å². The van der Waals surface area contributed by atoms with Crippen LogP contribution in [0.3, 0.4) is 0 Å². The molecule has 1 amide bonds. The molecule has 2 aromatic rings. The van der Waals surface area contributed by atoms with Gasteiger partial charge in [-0.25, -0.2) is 4.79 Å². The zero-order valence-corrected chi connectivity index (χ0v) is 15.1. The topological polar surface area (TPSA) is 64.6 Å². The summed E-state index contributed by atoms with van der Waals surface area (Å²) in [6, 6.07) is 11.6. The van der Waals surface area contributed by atoms with E-state index in [1.54, 1.807) is 42.5 Å². The summed E-state index contributed by atoms with van der Waals surface area (Å²) in [4.78, 5) is 23.2. The van der Waals surface area contributed by atoms with Crippen molar-refractivity contribution in [2.75, 3.05) is 11.9 Å². The number of carbonyl (C=O) groups is 2. The lowest BCUT2D eigenvalue weighted by Gasteiger charge is -2.09. The van der Waals surface area contributed by atoms with E-state index in [-0.39, 0.29) is 5.91 Å². The Bertz CT molecular complexity index is 728. The number of esters is 1. The third kappa shape index (κ3) is 5.09. The molecule has 0 aliphatic rings. The minimum absolute atomic E-state index is 0.157. The molecule has 0 bridgehead atoms. The summed E-state index contributed by atoms with van der Waals surface area (Å²) in [6.45, 7) is 4.07. The number of carbonyl (C=O) groups excluding carboxylic acids is 2. The molecule has 6 heteroatoms. The van der Waals surface area contributed by atoms with Crippen LogP contribution in [-0.4, -0.2) is 18.5 Å². The molecular weight excluding hydrogens is 374 g/mol. The first-order chi connectivity index (χ1) is 11.5. The van der Waals surface area contributed by atoms with Crippen LogP contribution in [0.2, 0.25) is 0 Å². The van der Waals surface area contributed by atoms with Gasteiger partial charge in [-0.05, 0) is 64.8 Å². The molecule has 0 unspecified atom stereocenters. The molecule has 0 aliphatic carbocycles. The molecule has 1 N–H and O–H groups in total. The van der Waals surface area contributed by atoms with Crippen molar-refractivity contribution in [1.82, 2.24) is 0 Å². The largest absolute Gasteiger partial charge is 0.492 e. The number of hydrogen-bond donors (Lipinski definition) is 1. The zero-order chi connectivity index (χ0) is 17.5. The Morgan fingerprint density at radius 3 is 2.42 bits per heavy atom. The summed E-state index contributed by atoms with van der Waals surface area (Å²) < 4.78 is 11.6. The van der Waals surface area contributed by atoms with Gasteiger partial charge in [0.15, 0.2) is 0 Å². The van der Waals surface area contributed by atoms with E-state index in [9.17, 15) is 9.59 Å². The van der Waals surface area contributed by atoms with Gasteiger partial charge in [-0.3, -0.25) is 4.79 Å². The Labute approximate surface area is 149 Å². The third-order valence-electron chi connectivity index (χ3n) is 3.01. The van der Waals surface area contributed by atoms with Gasteiger partial charge < -0.3 is 14.8 Å². The SMILES string of the molecule is CCCOc1ccc(C(=O)Oc2ccc(NC(C)=O)cc2)cc1Br. The van der Waals surface area contributed by atoms with Gasteiger partial charge in [0.05, 0.1) is 16.6 Å². The van der Waals surface area contributed by atoms with Crippen molar-refractivity contribution in [3.8, 4) is 11.5 Å². The van der Waals surface area contributed by atoms with Crippen molar-refractivity contribution in [2.24, 2.45) is 0 Å². The van der Waals surface area contributed by atoms with Crippen LogP contribution in [-0.2, 0) is 4.79 Å². The highest BCUT2D eigenvalue weighted by Gasteiger charge is 2.12. The molecule has 126 valence electrons. The van der Waals surface area contributed by atoms with Crippen molar-refractivity contribution in [1.29, 1.82) is 0 Å². The third-order valence-corrected chi connectivity index (χ3v) is 3.63. The average molecular weight is 392 g/mol. The quantitative estimate of drug-likeness (QED) is 0.584. The van der Waals surface area contributed by atoms with E-state index in [1.165, 1.54) is 6.92 Å². The number of anilines is 1. The number of hydrogen-bond acceptors (Lipinski definition) is 4. The van der Waals surface area contributed by atoms with Crippen LogP contribution >= 0.6 is 15.9 Å². The van der Waals surface area contributed by atoms with E-state index in [0.717, 1.165) is 6.42 Å². The van der Waals surface area contributed by atoms with Crippen LogP contribution in [0.15, 0.2) is 46.9 Å². The molecule has 0 heterocycles. The minimum atomic E-state index is -0.468. The normalized spacial score (nSPS) is 10.1. The number of nitrogens with one attached hydrogen (secondary N) is 1. The van der Waals surface area contributed by atoms with Crippen LogP contribution in [0.1, 0.15) is 30.6 Å². The summed E-state index contributed by atoms with van der Waals surface area (Å²) >= 11 is 3.39. The maximum atomic E-state index is 12.2. The Morgan fingerprint density at radius 2 is 1.83 bits per heavy atom. The van der Waals surface area contributed by atoms with E-state index < -0.39 is 5.97 Å². The molecule has 0 aliphatic heterocycles. The average Bonchev–Trinajstić information content (AvgIpc) is 2.55. The number of rotatable bonds is 6.